The van der Waals surface area contributed by atoms with Crippen molar-refractivity contribution in [2.24, 2.45) is 0 Å². The Morgan fingerprint density at radius 2 is 2.14 bits per heavy atom. The lowest BCUT2D eigenvalue weighted by Gasteiger charge is -1.69. The fourth-order valence-electron chi connectivity index (χ4n) is 0.304. The number of ether oxygens (including phenoxy) is 1. The van der Waals surface area contributed by atoms with Gasteiger partial charge in [-0.25, -0.2) is 0 Å². The Balaban J connectivity index is 0.000000162. The van der Waals surface area contributed by atoms with Gasteiger partial charge in [-0.15, -0.1) is 13.2 Å². The van der Waals surface area contributed by atoms with Crippen molar-refractivity contribution in [1.82, 2.24) is 0 Å². The first-order chi connectivity index (χ1) is 3.43. The van der Waals surface area contributed by atoms with E-state index in [2.05, 4.69) is 20.1 Å². The second-order valence-electron chi connectivity index (χ2n) is 1.36. The highest BCUT2D eigenvalue weighted by molar-refractivity contribution is 4.64. The van der Waals surface area contributed by atoms with Gasteiger partial charge >= 0.3 is 0 Å². The monoisotopic (exact) mass is 100 g/mol. The van der Waals surface area contributed by atoms with Gasteiger partial charge in [0.15, 0.2) is 0 Å². The summed E-state index contributed by atoms with van der Waals surface area (Å²) in [7, 11) is 0. The molecule has 1 nitrogen and oxygen atoms in total. The Bertz CT molecular complexity index is 39.4. The maximum atomic E-state index is 4.86. The molecule has 0 amide bonds. The van der Waals surface area contributed by atoms with Gasteiger partial charge in [0.2, 0.25) is 0 Å². The Hall–Kier alpha value is -0.300. The lowest BCUT2D eigenvalue weighted by molar-refractivity contribution is 0.403. The van der Waals surface area contributed by atoms with Crippen LogP contribution in [0, 0.1) is 0 Å². The van der Waals surface area contributed by atoms with Gasteiger partial charge in [-0.1, -0.05) is 6.92 Å². The van der Waals surface area contributed by atoms with Gasteiger partial charge in [-0.05, 0) is 6.42 Å². The number of epoxide rings is 1. The van der Waals surface area contributed by atoms with Crippen molar-refractivity contribution in [3.05, 3.63) is 13.2 Å². The molecule has 1 saturated heterocycles. The molecule has 0 bridgehead atoms. The van der Waals surface area contributed by atoms with Crippen LogP contribution in [0.15, 0.2) is 13.2 Å². The predicted octanol–water partition coefficient (Wildman–Crippen LogP) is 1.60. The fourth-order valence-corrected chi connectivity index (χ4v) is 0.304. The smallest absolute Gasteiger partial charge is 0.0807 e. The third kappa shape index (κ3) is 3.53. The van der Waals surface area contributed by atoms with Gasteiger partial charge in [0.05, 0.1) is 12.7 Å². The molecule has 0 radical (unpaired) electrons. The van der Waals surface area contributed by atoms with E-state index in [1.165, 1.54) is 6.42 Å². The van der Waals surface area contributed by atoms with Crippen LogP contribution in [0.1, 0.15) is 13.3 Å². The molecule has 0 N–H and O–H groups in total. The number of hydrogen-bond acceptors (Lipinski definition) is 1. The zero-order chi connectivity index (χ0) is 5.70. The normalized spacial score (nSPS) is 25.0. The maximum absolute atomic E-state index is 4.86. The van der Waals surface area contributed by atoms with Crippen molar-refractivity contribution >= 4 is 0 Å². The van der Waals surface area contributed by atoms with E-state index in [4.69, 9.17) is 4.74 Å². The van der Waals surface area contributed by atoms with E-state index < -0.39 is 0 Å². The predicted molar refractivity (Wildman–Crippen MR) is 31.3 cm³/mol. The minimum atomic E-state index is 0.634. The van der Waals surface area contributed by atoms with E-state index in [0.717, 1.165) is 6.61 Å². The van der Waals surface area contributed by atoms with Crippen LogP contribution in [0.5, 0.6) is 0 Å². The largest absolute Gasteiger partial charge is 0.373 e. The summed E-state index contributed by atoms with van der Waals surface area (Å²) in [4.78, 5) is 0. The van der Waals surface area contributed by atoms with Crippen LogP contribution in [0.3, 0.4) is 0 Å². The Labute approximate surface area is 45.0 Å². The Morgan fingerprint density at radius 1 is 1.71 bits per heavy atom. The highest BCUT2D eigenvalue weighted by Crippen LogP contribution is 2.10. The molecule has 1 unspecified atom stereocenters. The van der Waals surface area contributed by atoms with Gasteiger partial charge in [-0.2, -0.15) is 0 Å². The van der Waals surface area contributed by atoms with Crippen LogP contribution in [-0.4, -0.2) is 12.7 Å². The summed E-state index contributed by atoms with van der Waals surface area (Å²) in [6, 6.07) is 0. The molecule has 7 heavy (non-hydrogen) atoms. The van der Waals surface area contributed by atoms with E-state index in [9.17, 15) is 0 Å². The molecule has 1 heterocycles. The molecule has 0 saturated carbocycles. The lowest BCUT2D eigenvalue weighted by Crippen LogP contribution is -1.73. The summed E-state index contributed by atoms with van der Waals surface area (Å²) >= 11 is 0. The first-order valence-corrected chi connectivity index (χ1v) is 2.55. The van der Waals surface area contributed by atoms with E-state index in [1.54, 1.807) is 0 Å². The van der Waals surface area contributed by atoms with Crippen LogP contribution in [0.2, 0.25) is 0 Å². The minimum absolute atomic E-state index is 0.634. The molecule has 0 aromatic carbocycles. The Morgan fingerprint density at radius 3 is 2.14 bits per heavy atom. The zero-order valence-corrected chi connectivity index (χ0v) is 4.81. The van der Waals surface area contributed by atoms with E-state index in [0.29, 0.717) is 6.10 Å². The van der Waals surface area contributed by atoms with Crippen molar-refractivity contribution in [3.8, 4) is 0 Å². The van der Waals surface area contributed by atoms with Crippen molar-refractivity contribution in [1.29, 1.82) is 0 Å². The average Bonchev–Trinajstić information content (AvgIpc) is 2.52. The van der Waals surface area contributed by atoms with Crippen LogP contribution >= 0.6 is 0 Å². The summed E-state index contributed by atoms with van der Waals surface area (Å²) in [6.45, 7) is 9.15. The van der Waals surface area contributed by atoms with E-state index in [-0.39, 0.29) is 0 Å². The average molecular weight is 100 g/mol. The van der Waals surface area contributed by atoms with E-state index in [1.807, 2.05) is 0 Å². The molecule has 1 rings (SSSR count). The highest BCUT2D eigenvalue weighted by atomic mass is 16.6. The van der Waals surface area contributed by atoms with Gasteiger partial charge < -0.3 is 4.74 Å². The second-order valence-corrected chi connectivity index (χ2v) is 1.36. The molecule has 1 atom stereocenters. The highest BCUT2D eigenvalue weighted by Gasteiger charge is 2.18. The molecule has 42 valence electrons. The van der Waals surface area contributed by atoms with E-state index >= 15 is 0 Å². The molecular weight excluding hydrogens is 88.1 g/mol. The van der Waals surface area contributed by atoms with Gasteiger partial charge in [0.1, 0.15) is 0 Å². The fraction of sp³-hybridized carbons (Fsp3) is 0.667. The van der Waals surface area contributed by atoms with Crippen LogP contribution in [0.25, 0.3) is 0 Å². The topological polar surface area (TPSA) is 12.5 Å². The third-order valence-corrected chi connectivity index (χ3v) is 0.858. The molecule has 0 aromatic rings. The first kappa shape index (κ1) is 6.70. The summed E-state index contributed by atoms with van der Waals surface area (Å²) in [5.74, 6) is 0. The van der Waals surface area contributed by atoms with Crippen molar-refractivity contribution in [2.45, 2.75) is 19.4 Å². The Kier molecular flexibility index (Phi) is 3.71. The third-order valence-electron chi connectivity index (χ3n) is 0.858. The van der Waals surface area contributed by atoms with Crippen molar-refractivity contribution in [2.75, 3.05) is 6.61 Å². The molecule has 0 spiro atoms. The quantitative estimate of drug-likeness (QED) is 0.360. The van der Waals surface area contributed by atoms with Gasteiger partial charge in [-0.3, -0.25) is 0 Å². The minimum Gasteiger partial charge on any atom is -0.373 e. The summed E-state index contributed by atoms with van der Waals surface area (Å²) in [5.41, 5.74) is 0. The van der Waals surface area contributed by atoms with Gasteiger partial charge in [0, 0.05) is 0 Å². The van der Waals surface area contributed by atoms with Gasteiger partial charge in [0.25, 0.3) is 0 Å². The summed E-state index contributed by atoms with van der Waals surface area (Å²) in [5, 5.41) is 0. The van der Waals surface area contributed by atoms with Crippen LogP contribution in [0.4, 0.5) is 0 Å². The van der Waals surface area contributed by atoms with Crippen molar-refractivity contribution in [3.63, 3.8) is 0 Å². The zero-order valence-electron chi connectivity index (χ0n) is 4.81. The second kappa shape index (κ2) is 3.88. The molecule has 1 aliphatic heterocycles. The van der Waals surface area contributed by atoms with Crippen LogP contribution < -0.4 is 0 Å². The lowest BCUT2D eigenvalue weighted by atomic mass is 10.4. The molecular formula is C6H12O. The SMILES string of the molecule is C=C.CCC1CO1. The maximum Gasteiger partial charge on any atom is 0.0807 e. The summed E-state index contributed by atoms with van der Waals surface area (Å²) < 4.78 is 4.86. The number of rotatable bonds is 1. The molecule has 1 heteroatoms. The molecule has 1 fully saturated rings. The molecule has 1 aliphatic rings. The first-order valence-electron chi connectivity index (χ1n) is 2.55. The van der Waals surface area contributed by atoms with Crippen molar-refractivity contribution < 1.29 is 4.74 Å². The molecule has 0 aromatic heterocycles. The van der Waals surface area contributed by atoms with Crippen LogP contribution in [-0.2, 0) is 4.74 Å². The molecule has 0 aliphatic carbocycles. The standard InChI is InChI=1S/C4H8O.C2H4/c1-2-4-3-5-4;1-2/h4H,2-3H2,1H3;1-2H2. The summed E-state index contributed by atoms with van der Waals surface area (Å²) in [6.07, 6.45) is 1.83. The number of hydrogen-bond donors (Lipinski definition) is 0.